The number of amides is 4. The van der Waals surface area contributed by atoms with Crippen LogP contribution in [0.5, 0.6) is 0 Å². The number of carbonyl (C=O) groups excluding carboxylic acids is 4. The maximum atomic E-state index is 14.1. The molecule has 0 spiro atoms. The topological polar surface area (TPSA) is 127 Å². The van der Waals surface area contributed by atoms with Crippen molar-refractivity contribution in [1.82, 2.24) is 20.4 Å². The van der Waals surface area contributed by atoms with Crippen molar-refractivity contribution in [2.45, 2.75) is 70.4 Å². The fourth-order valence-electron chi connectivity index (χ4n) is 5.36. The lowest BCUT2D eigenvalue weighted by atomic mass is 9.88. The number of cyclic esters (lactones) is 1. The molecule has 2 aromatic rings. The summed E-state index contributed by atoms with van der Waals surface area (Å²) in [6.07, 6.45) is -0.704. The zero-order valence-electron chi connectivity index (χ0n) is 26.2. The molecule has 244 valence electrons. The Kier molecular flexibility index (Phi) is 10.6. The molecule has 2 aromatic carbocycles. The minimum absolute atomic E-state index is 0.0769. The van der Waals surface area contributed by atoms with E-state index in [1.807, 2.05) is 30.3 Å². The SMILES string of the molecule is CC(C)(C)OC(=O)NC(C)(C)C(=O)N[C@H](COCc1cc(Cl)cc(Cl)c1)C(=O)N1CCN2C(=O)OC[C@]2(Cc2ccccc2)C1. The molecule has 0 unspecified atom stereocenters. The van der Waals surface area contributed by atoms with Gasteiger partial charge in [0.15, 0.2) is 0 Å². The summed E-state index contributed by atoms with van der Waals surface area (Å²) in [4.78, 5) is 56.0. The van der Waals surface area contributed by atoms with Gasteiger partial charge in [0.25, 0.3) is 0 Å². The van der Waals surface area contributed by atoms with Crippen LogP contribution >= 0.6 is 23.2 Å². The van der Waals surface area contributed by atoms with Gasteiger partial charge in [-0.2, -0.15) is 0 Å². The number of hydrogen-bond acceptors (Lipinski definition) is 7. The van der Waals surface area contributed by atoms with Crippen molar-refractivity contribution in [3.05, 3.63) is 69.7 Å². The Hall–Kier alpha value is -3.54. The highest BCUT2D eigenvalue weighted by Crippen LogP contribution is 2.32. The van der Waals surface area contributed by atoms with Crippen molar-refractivity contribution in [3.8, 4) is 0 Å². The Morgan fingerprint density at radius 1 is 1.00 bits per heavy atom. The maximum absolute atomic E-state index is 14.1. The first-order valence-corrected chi connectivity index (χ1v) is 15.4. The van der Waals surface area contributed by atoms with E-state index in [0.717, 1.165) is 5.56 Å². The molecule has 2 N–H and O–H groups in total. The minimum Gasteiger partial charge on any atom is -0.447 e. The van der Waals surface area contributed by atoms with Gasteiger partial charge in [-0.15, -0.1) is 0 Å². The molecule has 2 heterocycles. The van der Waals surface area contributed by atoms with Gasteiger partial charge in [0.05, 0.1) is 13.2 Å². The fraction of sp³-hybridized carbons (Fsp3) is 0.500. The summed E-state index contributed by atoms with van der Waals surface area (Å²) in [6, 6.07) is 13.6. The van der Waals surface area contributed by atoms with Crippen molar-refractivity contribution < 1.29 is 33.4 Å². The highest BCUT2D eigenvalue weighted by atomic mass is 35.5. The van der Waals surface area contributed by atoms with E-state index in [1.165, 1.54) is 13.8 Å². The number of rotatable bonds is 10. The normalized spacial score (nSPS) is 19.0. The molecule has 0 aromatic heterocycles. The van der Waals surface area contributed by atoms with Gasteiger partial charge in [0.2, 0.25) is 11.8 Å². The fourth-order valence-corrected chi connectivity index (χ4v) is 5.94. The molecular weight excluding hydrogens is 623 g/mol. The molecule has 0 radical (unpaired) electrons. The molecule has 4 amide bonds. The Bertz CT molecular complexity index is 1400. The van der Waals surface area contributed by atoms with Crippen molar-refractivity contribution in [1.29, 1.82) is 0 Å². The molecule has 2 saturated heterocycles. The lowest BCUT2D eigenvalue weighted by Crippen LogP contribution is -2.66. The van der Waals surface area contributed by atoms with Gasteiger partial charge >= 0.3 is 12.2 Å². The van der Waals surface area contributed by atoms with E-state index in [4.69, 9.17) is 37.4 Å². The Labute approximate surface area is 273 Å². The average Bonchev–Trinajstić information content (AvgIpc) is 3.25. The molecular formula is C32H40Cl2N4O7. The largest absolute Gasteiger partial charge is 0.447 e. The first-order valence-electron chi connectivity index (χ1n) is 14.7. The van der Waals surface area contributed by atoms with Gasteiger partial charge in [-0.3, -0.25) is 14.5 Å². The Morgan fingerprint density at radius 2 is 1.67 bits per heavy atom. The number of benzene rings is 2. The van der Waals surface area contributed by atoms with Gasteiger partial charge < -0.3 is 29.7 Å². The van der Waals surface area contributed by atoms with E-state index in [0.29, 0.717) is 22.0 Å². The van der Waals surface area contributed by atoms with E-state index in [1.54, 1.807) is 48.8 Å². The molecule has 2 atom stereocenters. The van der Waals surface area contributed by atoms with Crippen LogP contribution < -0.4 is 10.6 Å². The summed E-state index contributed by atoms with van der Waals surface area (Å²) < 4.78 is 16.7. The zero-order valence-corrected chi connectivity index (χ0v) is 27.7. The summed E-state index contributed by atoms with van der Waals surface area (Å²) in [7, 11) is 0. The molecule has 0 saturated carbocycles. The number of halogens is 2. The Morgan fingerprint density at radius 3 is 2.31 bits per heavy atom. The highest BCUT2D eigenvalue weighted by molar-refractivity contribution is 6.34. The number of nitrogens with zero attached hydrogens (tertiary/aromatic N) is 2. The summed E-state index contributed by atoms with van der Waals surface area (Å²) in [6.45, 7) is 8.89. The van der Waals surface area contributed by atoms with Crippen LogP contribution in [0.4, 0.5) is 9.59 Å². The van der Waals surface area contributed by atoms with Crippen molar-refractivity contribution in [3.63, 3.8) is 0 Å². The number of nitrogens with one attached hydrogen (secondary N) is 2. The number of piperazine rings is 1. The number of fused-ring (bicyclic) bond motifs is 1. The summed E-state index contributed by atoms with van der Waals surface area (Å²) >= 11 is 12.3. The van der Waals surface area contributed by atoms with Crippen LogP contribution in [-0.4, -0.2) is 89.4 Å². The molecule has 4 rings (SSSR count). The second-order valence-electron chi connectivity index (χ2n) is 12.9. The second-order valence-corrected chi connectivity index (χ2v) is 13.8. The molecule has 2 aliphatic rings. The van der Waals surface area contributed by atoms with Gasteiger partial charge in [-0.1, -0.05) is 53.5 Å². The van der Waals surface area contributed by atoms with Crippen LogP contribution in [0.3, 0.4) is 0 Å². The number of ether oxygens (including phenoxy) is 3. The monoisotopic (exact) mass is 662 g/mol. The van der Waals surface area contributed by atoms with Crippen molar-refractivity contribution in [2.75, 3.05) is 32.8 Å². The highest BCUT2D eigenvalue weighted by Gasteiger charge is 2.52. The van der Waals surface area contributed by atoms with E-state index >= 15 is 0 Å². The molecule has 0 aliphatic carbocycles. The smallest absolute Gasteiger partial charge is 0.410 e. The first-order chi connectivity index (χ1) is 21.1. The third-order valence-corrected chi connectivity index (χ3v) is 7.92. The van der Waals surface area contributed by atoms with Gasteiger partial charge in [-0.05, 0) is 63.9 Å². The van der Waals surface area contributed by atoms with Gasteiger partial charge in [0, 0.05) is 36.1 Å². The molecule has 2 aliphatic heterocycles. The first kappa shape index (κ1) is 34.3. The predicted molar refractivity (Wildman–Crippen MR) is 169 cm³/mol. The van der Waals surface area contributed by atoms with Crippen LogP contribution in [0.25, 0.3) is 0 Å². The molecule has 11 nitrogen and oxygen atoms in total. The lowest BCUT2D eigenvalue weighted by molar-refractivity contribution is -0.142. The number of alkyl carbamates (subject to hydrolysis) is 1. The van der Waals surface area contributed by atoms with Gasteiger partial charge in [0.1, 0.15) is 29.3 Å². The lowest BCUT2D eigenvalue weighted by Gasteiger charge is -2.45. The van der Waals surface area contributed by atoms with E-state index in [2.05, 4.69) is 10.6 Å². The van der Waals surface area contributed by atoms with Crippen LogP contribution in [0.1, 0.15) is 45.7 Å². The average molecular weight is 664 g/mol. The summed E-state index contributed by atoms with van der Waals surface area (Å²) in [5.74, 6) is -1.01. The molecule has 2 fully saturated rings. The van der Waals surface area contributed by atoms with Crippen LogP contribution in [0, 0.1) is 0 Å². The molecule has 13 heteroatoms. The van der Waals surface area contributed by atoms with Crippen molar-refractivity contribution >= 4 is 47.2 Å². The van der Waals surface area contributed by atoms with Crippen LogP contribution in [0.15, 0.2) is 48.5 Å². The third kappa shape index (κ3) is 9.02. The zero-order chi connectivity index (χ0) is 33.0. The number of carbonyl (C=O) groups is 4. The quantitative estimate of drug-likeness (QED) is 0.382. The molecule has 45 heavy (non-hydrogen) atoms. The van der Waals surface area contributed by atoms with Crippen molar-refractivity contribution in [2.24, 2.45) is 0 Å². The van der Waals surface area contributed by atoms with Crippen LogP contribution in [0.2, 0.25) is 10.0 Å². The number of hydrogen-bond donors (Lipinski definition) is 2. The van der Waals surface area contributed by atoms with E-state index in [9.17, 15) is 19.2 Å². The van der Waals surface area contributed by atoms with Gasteiger partial charge in [-0.25, -0.2) is 9.59 Å². The standard InChI is InChI=1S/C32H40Cl2N4O7/c1-30(2,3)45-28(41)36-31(4,5)27(40)35-25(18-43-17-22-13-23(33)15-24(34)14-22)26(39)37-11-12-38-29(42)44-20-32(38,19-37)16-21-9-7-6-8-10-21/h6-10,13-15,25H,11-12,16-20H2,1-5H3,(H,35,40)(H,36,41)/t25-,32+/m1/s1. The predicted octanol–water partition coefficient (Wildman–Crippen LogP) is 4.57. The summed E-state index contributed by atoms with van der Waals surface area (Å²) in [5, 5.41) is 6.22. The maximum Gasteiger partial charge on any atom is 0.410 e. The van der Waals surface area contributed by atoms with E-state index < -0.39 is 46.7 Å². The third-order valence-electron chi connectivity index (χ3n) is 7.48. The minimum atomic E-state index is -1.43. The summed E-state index contributed by atoms with van der Waals surface area (Å²) in [5.41, 5.74) is -1.28. The van der Waals surface area contributed by atoms with E-state index in [-0.39, 0.29) is 39.5 Å². The molecule has 0 bridgehead atoms. The van der Waals surface area contributed by atoms with Crippen LogP contribution in [-0.2, 0) is 36.8 Å². The Balaban J connectivity index is 1.53. The second kappa shape index (κ2) is 13.8.